The largest absolute Gasteiger partial charge is 0.416 e. The molecule has 1 atom stereocenters. The number of hydrogen-bond acceptors (Lipinski definition) is 1. The van der Waals surface area contributed by atoms with Crippen LogP contribution in [0.3, 0.4) is 0 Å². The summed E-state index contributed by atoms with van der Waals surface area (Å²) in [5.74, 6) is -0.347. The van der Waals surface area contributed by atoms with Crippen LogP contribution in [-0.4, -0.2) is 5.91 Å². The van der Waals surface area contributed by atoms with Crippen molar-refractivity contribution >= 4 is 11.6 Å². The molecule has 0 radical (unpaired) electrons. The molecule has 1 heterocycles. The molecule has 1 unspecified atom stereocenters. The molecule has 96 valence electrons. The van der Waals surface area contributed by atoms with Gasteiger partial charge in [0.05, 0.1) is 11.5 Å². The normalized spacial score (nSPS) is 23.5. The van der Waals surface area contributed by atoms with Gasteiger partial charge in [-0.25, -0.2) is 0 Å². The summed E-state index contributed by atoms with van der Waals surface area (Å²) < 4.78 is 38.0. The number of amides is 1. The van der Waals surface area contributed by atoms with Gasteiger partial charge in [-0.1, -0.05) is 6.42 Å². The standard InChI is InChI=1S/C13H12F3NO/c14-13(15,16)8-4-5-10-9(6-8)11(12(18)17-10)7-2-1-3-7/h4-7,11H,1-3H2,(H,17,18). The molecule has 2 aliphatic rings. The van der Waals surface area contributed by atoms with Gasteiger partial charge >= 0.3 is 6.18 Å². The third-order valence-electron chi connectivity index (χ3n) is 3.88. The number of alkyl halides is 3. The molecule has 0 bridgehead atoms. The van der Waals surface area contributed by atoms with Crippen molar-refractivity contribution in [2.75, 3.05) is 5.32 Å². The SMILES string of the molecule is O=C1Nc2ccc(C(F)(F)F)cc2C1C1CCC1. The van der Waals surface area contributed by atoms with Gasteiger partial charge in [0, 0.05) is 5.69 Å². The number of nitrogens with one attached hydrogen (secondary N) is 1. The molecule has 1 aliphatic carbocycles. The molecule has 0 spiro atoms. The topological polar surface area (TPSA) is 29.1 Å². The second-order valence-corrected chi connectivity index (χ2v) is 4.96. The number of rotatable bonds is 1. The monoisotopic (exact) mass is 255 g/mol. The molecular weight excluding hydrogens is 243 g/mol. The third-order valence-corrected chi connectivity index (χ3v) is 3.88. The Hall–Kier alpha value is -1.52. The molecule has 3 rings (SSSR count). The molecular formula is C13H12F3NO. The highest BCUT2D eigenvalue weighted by molar-refractivity contribution is 6.03. The summed E-state index contributed by atoms with van der Waals surface area (Å²) in [5.41, 5.74) is 0.367. The summed E-state index contributed by atoms with van der Waals surface area (Å²) >= 11 is 0. The minimum Gasteiger partial charge on any atom is -0.325 e. The lowest BCUT2D eigenvalue weighted by Crippen LogP contribution is -2.26. The van der Waals surface area contributed by atoms with Crippen molar-refractivity contribution < 1.29 is 18.0 Å². The van der Waals surface area contributed by atoms with Crippen molar-refractivity contribution in [3.05, 3.63) is 29.3 Å². The highest BCUT2D eigenvalue weighted by Crippen LogP contribution is 2.46. The Kier molecular flexibility index (Phi) is 2.40. The molecule has 1 saturated carbocycles. The van der Waals surface area contributed by atoms with Crippen LogP contribution in [-0.2, 0) is 11.0 Å². The average molecular weight is 255 g/mol. The number of halogens is 3. The molecule has 1 amide bonds. The van der Waals surface area contributed by atoms with Gasteiger partial charge < -0.3 is 5.32 Å². The fourth-order valence-electron chi connectivity index (χ4n) is 2.70. The molecule has 5 heteroatoms. The van der Waals surface area contributed by atoms with E-state index in [9.17, 15) is 18.0 Å². The van der Waals surface area contributed by atoms with Gasteiger partial charge in [0.2, 0.25) is 5.91 Å². The third kappa shape index (κ3) is 1.69. The van der Waals surface area contributed by atoms with Crippen LogP contribution >= 0.6 is 0 Å². The van der Waals surface area contributed by atoms with E-state index >= 15 is 0 Å². The van der Waals surface area contributed by atoms with Gasteiger partial charge in [0.25, 0.3) is 0 Å². The lowest BCUT2D eigenvalue weighted by atomic mass is 9.73. The first-order valence-corrected chi connectivity index (χ1v) is 5.99. The van der Waals surface area contributed by atoms with E-state index in [-0.39, 0.29) is 11.8 Å². The van der Waals surface area contributed by atoms with E-state index < -0.39 is 17.7 Å². The fraction of sp³-hybridized carbons (Fsp3) is 0.462. The van der Waals surface area contributed by atoms with Gasteiger partial charge in [-0.2, -0.15) is 13.2 Å². The Morgan fingerprint density at radius 3 is 2.50 bits per heavy atom. The number of fused-ring (bicyclic) bond motifs is 1. The number of carbonyl (C=O) groups excluding carboxylic acids is 1. The quantitative estimate of drug-likeness (QED) is 0.817. The Labute approximate surface area is 102 Å². The lowest BCUT2D eigenvalue weighted by Gasteiger charge is -2.30. The fourth-order valence-corrected chi connectivity index (χ4v) is 2.70. The molecule has 1 aromatic rings. The minimum atomic E-state index is -4.36. The van der Waals surface area contributed by atoms with Crippen LogP contribution in [0.15, 0.2) is 18.2 Å². The van der Waals surface area contributed by atoms with Gasteiger partial charge in [0.15, 0.2) is 0 Å². The van der Waals surface area contributed by atoms with Gasteiger partial charge in [-0.3, -0.25) is 4.79 Å². The predicted molar refractivity (Wildman–Crippen MR) is 60.2 cm³/mol. The zero-order valence-corrected chi connectivity index (χ0v) is 9.55. The summed E-state index contributed by atoms with van der Waals surface area (Å²) in [6.07, 6.45) is -1.45. The van der Waals surface area contributed by atoms with E-state index in [2.05, 4.69) is 5.32 Å². The minimum absolute atomic E-state index is 0.158. The van der Waals surface area contributed by atoms with Crippen molar-refractivity contribution in [2.45, 2.75) is 31.4 Å². The highest BCUT2D eigenvalue weighted by atomic mass is 19.4. The zero-order valence-electron chi connectivity index (χ0n) is 9.55. The van der Waals surface area contributed by atoms with Crippen LogP contribution in [0.5, 0.6) is 0 Å². The lowest BCUT2D eigenvalue weighted by molar-refractivity contribution is -0.137. The van der Waals surface area contributed by atoms with E-state index in [1.807, 2.05) is 0 Å². The summed E-state index contributed by atoms with van der Waals surface area (Å²) in [6, 6.07) is 3.49. The summed E-state index contributed by atoms with van der Waals surface area (Å²) in [5, 5.41) is 2.67. The van der Waals surface area contributed by atoms with E-state index in [1.165, 1.54) is 6.07 Å². The Morgan fingerprint density at radius 1 is 1.22 bits per heavy atom. The van der Waals surface area contributed by atoms with Gasteiger partial charge in [-0.05, 0) is 42.5 Å². The van der Waals surface area contributed by atoms with Crippen molar-refractivity contribution in [1.29, 1.82) is 0 Å². The van der Waals surface area contributed by atoms with E-state index in [0.717, 1.165) is 31.4 Å². The number of carbonyl (C=O) groups is 1. The van der Waals surface area contributed by atoms with Crippen LogP contribution in [0.1, 0.15) is 36.3 Å². The van der Waals surface area contributed by atoms with Gasteiger partial charge in [0.1, 0.15) is 0 Å². The van der Waals surface area contributed by atoms with Crippen LogP contribution in [0, 0.1) is 5.92 Å². The first kappa shape index (κ1) is 11.6. The maximum atomic E-state index is 12.7. The van der Waals surface area contributed by atoms with Gasteiger partial charge in [-0.15, -0.1) is 0 Å². The predicted octanol–water partition coefficient (Wildman–Crippen LogP) is 3.54. The molecule has 1 aliphatic heterocycles. The first-order valence-electron chi connectivity index (χ1n) is 5.99. The second kappa shape index (κ2) is 3.73. The number of anilines is 1. The maximum Gasteiger partial charge on any atom is 0.416 e. The summed E-state index contributed by atoms with van der Waals surface area (Å²) in [6.45, 7) is 0. The Bertz CT molecular complexity index is 505. The molecule has 0 aromatic heterocycles. The van der Waals surface area contributed by atoms with Crippen LogP contribution < -0.4 is 5.32 Å². The maximum absolute atomic E-state index is 12.7. The zero-order chi connectivity index (χ0) is 12.9. The average Bonchev–Trinajstić information content (AvgIpc) is 2.51. The van der Waals surface area contributed by atoms with Crippen molar-refractivity contribution in [1.82, 2.24) is 0 Å². The Morgan fingerprint density at radius 2 is 1.94 bits per heavy atom. The van der Waals surface area contributed by atoms with Crippen molar-refractivity contribution in [3.63, 3.8) is 0 Å². The Balaban J connectivity index is 2.02. The summed E-state index contributed by atoms with van der Waals surface area (Å²) in [4.78, 5) is 11.8. The second-order valence-electron chi connectivity index (χ2n) is 4.96. The number of benzene rings is 1. The van der Waals surface area contributed by atoms with Crippen LogP contribution in [0.25, 0.3) is 0 Å². The summed E-state index contributed by atoms with van der Waals surface area (Å²) in [7, 11) is 0. The van der Waals surface area contributed by atoms with Crippen molar-refractivity contribution in [3.8, 4) is 0 Å². The van der Waals surface area contributed by atoms with Crippen molar-refractivity contribution in [2.24, 2.45) is 5.92 Å². The highest BCUT2D eigenvalue weighted by Gasteiger charge is 2.41. The van der Waals surface area contributed by atoms with Crippen LogP contribution in [0.2, 0.25) is 0 Å². The molecule has 18 heavy (non-hydrogen) atoms. The molecule has 0 saturated heterocycles. The van der Waals surface area contributed by atoms with E-state index in [0.29, 0.717) is 11.3 Å². The first-order chi connectivity index (χ1) is 8.47. The van der Waals surface area contributed by atoms with E-state index in [4.69, 9.17) is 0 Å². The molecule has 1 fully saturated rings. The van der Waals surface area contributed by atoms with E-state index in [1.54, 1.807) is 0 Å². The molecule has 2 nitrogen and oxygen atoms in total. The number of hydrogen-bond donors (Lipinski definition) is 1. The molecule has 1 N–H and O–H groups in total. The smallest absolute Gasteiger partial charge is 0.325 e. The van der Waals surface area contributed by atoms with Crippen LogP contribution in [0.4, 0.5) is 18.9 Å². The molecule has 1 aromatic carbocycles.